The van der Waals surface area contributed by atoms with E-state index in [1.165, 1.54) is 19.3 Å². The predicted molar refractivity (Wildman–Crippen MR) is 76.8 cm³/mol. The van der Waals surface area contributed by atoms with Gasteiger partial charge in [0.1, 0.15) is 5.69 Å². The van der Waals surface area contributed by atoms with Crippen LogP contribution in [-0.4, -0.2) is 26.2 Å². The summed E-state index contributed by atoms with van der Waals surface area (Å²) in [4.78, 5) is 15.4. The summed E-state index contributed by atoms with van der Waals surface area (Å²) in [5.74, 6) is -0.980. The van der Waals surface area contributed by atoms with Crippen molar-refractivity contribution in [2.75, 3.05) is 0 Å². The van der Waals surface area contributed by atoms with Gasteiger partial charge < -0.3 is 15.0 Å². The first kappa shape index (κ1) is 13.1. The van der Waals surface area contributed by atoms with Gasteiger partial charge in [-0.1, -0.05) is 0 Å². The molecule has 2 N–H and O–H groups in total. The molecule has 0 aromatic carbocycles. The molecule has 5 heteroatoms. The molecule has 0 spiro atoms. The minimum Gasteiger partial charge on any atom is -0.477 e. The molecule has 106 valence electrons. The third-order valence-electron chi connectivity index (χ3n) is 4.29. The molecule has 0 unspecified atom stereocenters. The SMILES string of the molecule is Cn1ccc2nc(C(=O)O)cc(CNC3(C)CCC3)c21. The van der Waals surface area contributed by atoms with Crippen molar-refractivity contribution in [3.63, 3.8) is 0 Å². The lowest BCUT2D eigenvalue weighted by Crippen LogP contribution is -2.47. The van der Waals surface area contributed by atoms with E-state index in [1.54, 1.807) is 6.07 Å². The number of pyridine rings is 1. The molecule has 0 atom stereocenters. The van der Waals surface area contributed by atoms with Crippen molar-refractivity contribution in [3.8, 4) is 0 Å². The molecule has 5 nitrogen and oxygen atoms in total. The number of nitrogens with one attached hydrogen (secondary N) is 1. The Kier molecular flexibility index (Phi) is 3.01. The number of carbonyl (C=O) groups is 1. The number of hydrogen-bond donors (Lipinski definition) is 2. The average molecular weight is 273 g/mol. The molecule has 1 aliphatic rings. The van der Waals surface area contributed by atoms with E-state index in [-0.39, 0.29) is 11.2 Å². The quantitative estimate of drug-likeness (QED) is 0.897. The molecule has 0 amide bonds. The van der Waals surface area contributed by atoms with E-state index in [2.05, 4.69) is 17.2 Å². The van der Waals surface area contributed by atoms with Gasteiger partial charge in [-0.05, 0) is 43.9 Å². The summed E-state index contributed by atoms with van der Waals surface area (Å²) in [5.41, 5.74) is 3.05. The first-order valence-electron chi connectivity index (χ1n) is 6.92. The van der Waals surface area contributed by atoms with E-state index in [1.807, 2.05) is 23.9 Å². The van der Waals surface area contributed by atoms with Crippen LogP contribution in [-0.2, 0) is 13.6 Å². The maximum absolute atomic E-state index is 11.2. The van der Waals surface area contributed by atoms with Crippen molar-refractivity contribution in [1.82, 2.24) is 14.9 Å². The second-order valence-electron chi connectivity index (χ2n) is 5.90. The highest BCUT2D eigenvalue weighted by atomic mass is 16.4. The molecule has 3 rings (SSSR count). The number of aromatic carboxylic acids is 1. The standard InChI is InChI=1S/C15H19N3O2/c1-15(5-3-6-15)16-9-10-8-12(14(19)20)17-11-4-7-18(2)13(10)11/h4,7-8,16H,3,5-6,9H2,1-2H3,(H,19,20). The van der Waals surface area contributed by atoms with Crippen LogP contribution in [0.4, 0.5) is 0 Å². The van der Waals surface area contributed by atoms with Crippen LogP contribution in [0.3, 0.4) is 0 Å². The van der Waals surface area contributed by atoms with Crippen LogP contribution in [0.5, 0.6) is 0 Å². The van der Waals surface area contributed by atoms with Gasteiger partial charge in [-0.15, -0.1) is 0 Å². The Balaban J connectivity index is 1.98. The Morgan fingerprint density at radius 3 is 2.90 bits per heavy atom. The lowest BCUT2D eigenvalue weighted by Gasteiger charge is -2.39. The largest absolute Gasteiger partial charge is 0.477 e. The van der Waals surface area contributed by atoms with E-state index < -0.39 is 5.97 Å². The number of rotatable bonds is 4. The Labute approximate surface area is 117 Å². The van der Waals surface area contributed by atoms with Gasteiger partial charge in [0.25, 0.3) is 0 Å². The average Bonchev–Trinajstić information content (AvgIpc) is 2.75. The van der Waals surface area contributed by atoms with Crippen molar-refractivity contribution < 1.29 is 9.90 Å². The fourth-order valence-corrected chi connectivity index (χ4v) is 2.83. The van der Waals surface area contributed by atoms with Crippen LogP contribution in [0, 0.1) is 0 Å². The van der Waals surface area contributed by atoms with Crippen molar-refractivity contribution in [2.45, 2.75) is 38.3 Å². The summed E-state index contributed by atoms with van der Waals surface area (Å²) in [6.45, 7) is 2.89. The predicted octanol–water partition coefficient (Wildman–Crippen LogP) is 2.30. The molecule has 1 aliphatic carbocycles. The zero-order chi connectivity index (χ0) is 14.3. The maximum Gasteiger partial charge on any atom is 0.354 e. The number of carboxylic acid groups (broad SMARTS) is 1. The van der Waals surface area contributed by atoms with Gasteiger partial charge in [-0.25, -0.2) is 9.78 Å². The molecule has 20 heavy (non-hydrogen) atoms. The Bertz CT molecular complexity index is 671. The normalized spacial score (nSPS) is 17.1. The summed E-state index contributed by atoms with van der Waals surface area (Å²) in [5, 5.41) is 12.7. The first-order chi connectivity index (χ1) is 9.48. The summed E-state index contributed by atoms with van der Waals surface area (Å²) in [7, 11) is 1.96. The highest BCUT2D eigenvalue weighted by Crippen LogP contribution is 2.31. The van der Waals surface area contributed by atoms with E-state index in [9.17, 15) is 9.90 Å². The van der Waals surface area contributed by atoms with E-state index in [4.69, 9.17) is 0 Å². The van der Waals surface area contributed by atoms with Gasteiger partial charge in [0.2, 0.25) is 0 Å². The van der Waals surface area contributed by atoms with E-state index >= 15 is 0 Å². The lowest BCUT2D eigenvalue weighted by molar-refractivity contribution is 0.0691. The summed E-state index contributed by atoms with van der Waals surface area (Å²) in [6, 6.07) is 3.54. The van der Waals surface area contributed by atoms with Crippen LogP contribution < -0.4 is 5.32 Å². The topological polar surface area (TPSA) is 67.2 Å². The zero-order valence-corrected chi connectivity index (χ0v) is 11.8. The van der Waals surface area contributed by atoms with Gasteiger partial charge in [-0.3, -0.25) is 0 Å². The van der Waals surface area contributed by atoms with Crippen molar-refractivity contribution in [3.05, 3.63) is 29.6 Å². The number of fused-ring (bicyclic) bond motifs is 1. The van der Waals surface area contributed by atoms with Crippen LogP contribution in [0.1, 0.15) is 42.2 Å². The second kappa shape index (κ2) is 4.59. The highest BCUT2D eigenvalue weighted by Gasteiger charge is 2.31. The molecule has 1 fully saturated rings. The summed E-state index contributed by atoms with van der Waals surface area (Å²) >= 11 is 0. The molecule has 0 saturated heterocycles. The number of hydrogen-bond acceptors (Lipinski definition) is 3. The first-order valence-corrected chi connectivity index (χ1v) is 6.92. The molecule has 0 aliphatic heterocycles. The summed E-state index contributed by atoms with van der Waals surface area (Å²) in [6.07, 6.45) is 5.54. The molecule has 2 aromatic heterocycles. The van der Waals surface area contributed by atoms with Crippen LogP contribution >= 0.6 is 0 Å². The minimum absolute atomic E-state index is 0.110. The Hall–Kier alpha value is -1.88. The third kappa shape index (κ3) is 2.18. The van der Waals surface area contributed by atoms with Crippen molar-refractivity contribution >= 4 is 17.0 Å². The zero-order valence-electron chi connectivity index (χ0n) is 11.8. The van der Waals surface area contributed by atoms with Gasteiger partial charge in [0, 0.05) is 25.3 Å². The van der Waals surface area contributed by atoms with Crippen molar-refractivity contribution in [1.29, 1.82) is 0 Å². The number of nitrogens with zero attached hydrogens (tertiary/aromatic N) is 2. The van der Waals surface area contributed by atoms with E-state index in [0.717, 1.165) is 16.6 Å². The Morgan fingerprint density at radius 1 is 1.55 bits per heavy atom. The number of aromatic nitrogens is 2. The van der Waals surface area contributed by atoms with Gasteiger partial charge in [-0.2, -0.15) is 0 Å². The monoisotopic (exact) mass is 273 g/mol. The number of carboxylic acids is 1. The Morgan fingerprint density at radius 2 is 2.30 bits per heavy atom. The maximum atomic E-state index is 11.2. The molecule has 0 radical (unpaired) electrons. The van der Waals surface area contributed by atoms with Gasteiger partial charge in [0.05, 0.1) is 11.0 Å². The fourth-order valence-electron chi connectivity index (χ4n) is 2.83. The fraction of sp³-hybridized carbons (Fsp3) is 0.467. The van der Waals surface area contributed by atoms with Crippen LogP contribution in [0.25, 0.3) is 11.0 Å². The second-order valence-corrected chi connectivity index (χ2v) is 5.90. The highest BCUT2D eigenvalue weighted by molar-refractivity contribution is 5.90. The van der Waals surface area contributed by atoms with Gasteiger partial charge in [0.15, 0.2) is 0 Å². The number of aryl methyl sites for hydroxylation is 1. The lowest BCUT2D eigenvalue weighted by atomic mass is 9.78. The molecular formula is C15H19N3O2. The van der Waals surface area contributed by atoms with E-state index in [0.29, 0.717) is 6.54 Å². The molecule has 2 heterocycles. The van der Waals surface area contributed by atoms with Gasteiger partial charge >= 0.3 is 5.97 Å². The smallest absolute Gasteiger partial charge is 0.354 e. The van der Waals surface area contributed by atoms with Crippen molar-refractivity contribution in [2.24, 2.45) is 7.05 Å². The molecular weight excluding hydrogens is 254 g/mol. The van der Waals surface area contributed by atoms with Crippen LogP contribution in [0.2, 0.25) is 0 Å². The minimum atomic E-state index is -0.980. The summed E-state index contributed by atoms with van der Waals surface area (Å²) < 4.78 is 1.99. The molecule has 0 bridgehead atoms. The molecule has 2 aromatic rings. The van der Waals surface area contributed by atoms with Crippen LogP contribution in [0.15, 0.2) is 18.3 Å². The molecule has 1 saturated carbocycles. The third-order valence-corrected chi connectivity index (χ3v) is 4.29.